The predicted octanol–water partition coefficient (Wildman–Crippen LogP) is 4.38. The molecule has 2 aromatic rings. The summed E-state index contributed by atoms with van der Waals surface area (Å²) in [6, 6.07) is 13.5. The van der Waals surface area contributed by atoms with Crippen LogP contribution in [0.4, 0.5) is 0 Å². The Morgan fingerprint density at radius 3 is 2.31 bits per heavy atom. The first-order chi connectivity index (χ1) is 12.0. The van der Waals surface area contributed by atoms with Crippen LogP contribution >= 0.6 is 35.3 Å². The Morgan fingerprint density at radius 2 is 1.73 bits per heavy atom. The zero-order valence-corrected chi connectivity index (χ0v) is 19.5. The number of aliphatic imine (C=N–C) groups is 1. The van der Waals surface area contributed by atoms with E-state index in [1.165, 1.54) is 20.9 Å². The van der Waals surface area contributed by atoms with Gasteiger partial charge in [-0.3, -0.25) is 9.89 Å². The highest BCUT2D eigenvalue weighted by atomic mass is 127. The second kappa shape index (κ2) is 11.6. The Morgan fingerprint density at radius 1 is 1.08 bits per heavy atom. The van der Waals surface area contributed by atoms with E-state index in [1.54, 1.807) is 0 Å². The van der Waals surface area contributed by atoms with Crippen LogP contribution in [0.3, 0.4) is 0 Å². The van der Waals surface area contributed by atoms with E-state index in [9.17, 15) is 0 Å². The minimum Gasteiger partial charge on any atom is -0.352 e. The lowest BCUT2D eigenvalue weighted by atomic mass is 10.1. The van der Waals surface area contributed by atoms with Crippen LogP contribution in [0.2, 0.25) is 0 Å². The standard InChI is InChI=1S/C20H30N4S.HI/c1-15(2)24(5)14-18-9-7-6-8-17(18)12-22-20(21-4)23-13-19-11-10-16(3)25-19;/h6-11,15H,12-14H2,1-5H3,(H2,21,22,23);1H. The number of guanidine groups is 1. The fraction of sp³-hybridized carbons (Fsp3) is 0.450. The molecule has 0 atom stereocenters. The molecule has 0 saturated carbocycles. The molecule has 0 fully saturated rings. The minimum absolute atomic E-state index is 0. The lowest BCUT2D eigenvalue weighted by Gasteiger charge is -2.23. The molecule has 0 aliphatic heterocycles. The Bertz CT molecular complexity index is 697. The fourth-order valence-corrected chi connectivity index (χ4v) is 3.32. The first kappa shape index (κ1) is 22.9. The van der Waals surface area contributed by atoms with Crippen LogP contribution in [-0.4, -0.2) is 31.0 Å². The van der Waals surface area contributed by atoms with Gasteiger partial charge in [-0.05, 0) is 51.1 Å². The third-order valence-electron chi connectivity index (χ3n) is 4.32. The third-order valence-corrected chi connectivity index (χ3v) is 5.32. The second-order valence-electron chi connectivity index (χ2n) is 6.57. The van der Waals surface area contributed by atoms with Crippen molar-refractivity contribution in [2.45, 2.75) is 46.4 Å². The summed E-state index contributed by atoms with van der Waals surface area (Å²) >= 11 is 1.82. The van der Waals surface area contributed by atoms with Gasteiger partial charge in [0, 0.05) is 35.9 Å². The van der Waals surface area contributed by atoms with E-state index in [0.717, 1.165) is 25.6 Å². The monoisotopic (exact) mass is 486 g/mol. The van der Waals surface area contributed by atoms with Crippen LogP contribution in [0, 0.1) is 6.92 Å². The van der Waals surface area contributed by atoms with Crippen molar-refractivity contribution in [1.29, 1.82) is 0 Å². The molecule has 26 heavy (non-hydrogen) atoms. The molecule has 0 aliphatic carbocycles. The summed E-state index contributed by atoms with van der Waals surface area (Å²) in [4.78, 5) is 9.34. The van der Waals surface area contributed by atoms with E-state index in [2.05, 4.69) is 84.7 Å². The summed E-state index contributed by atoms with van der Waals surface area (Å²) in [5.74, 6) is 0.832. The topological polar surface area (TPSA) is 39.7 Å². The zero-order chi connectivity index (χ0) is 18.2. The van der Waals surface area contributed by atoms with E-state index >= 15 is 0 Å². The molecule has 0 bridgehead atoms. The van der Waals surface area contributed by atoms with Gasteiger partial charge in [-0.1, -0.05) is 24.3 Å². The summed E-state index contributed by atoms with van der Waals surface area (Å²) < 4.78 is 0. The Hall–Kier alpha value is -1.12. The number of halogens is 1. The molecule has 1 aromatic heterocycles. The van der Waals surface area contributed by atoms with Crippen LogP contribution in [-0.2, 0) is 19.6 Å². The molecule has 6 heteroatoms. The fourth-order valence-electron chi connectivity index (χ4n) is 2.49. The van der Waals surface area contributed by atoms with Crippen LogP contribution in [0.25, 0.3) is 0 Å². The first-order valence-electron chi connectivity index (χ1n) is 8.76. The maximum atomic E-state index is 4.33. The van der Waals surface area contributed by atoms with E-state index in [-0.39, 0.29) is 24.0 Å². The van der Waals surface area contributed by atoms with Crippen LogP contribution in [0.15, 0.2) is 41.4 Å². The van der Waals surface area contributed by atoms with Crippen molar-refractivity contribution in [3.05, 3.63) is 57.3 Å². The number of hydrogen-bond donors (Lipinski definition) is 2. The first-order valence-corrected chi connectivity index (χ1v) is 9.58. The molecule has 0 spiro atoms. The summed E-state index contributed by atoms with van der Waals surface area (Å²) in [6.07, 6.45) is 0. The molecule has 2 N–H and O–H groups in total. The van der Waals surface area contributed by atoms with Crippen molar-refractivity contribution in [3.63, 3.8) is 0 Å². The van der Waals surface area contributed by atoms with Crippen molar-refractivity contribution >= 4 is 41.3 Å². The average Bonchev–Trinajstić information content (AvgIpc) is 3.01. The van der Waals surface area contributed by atoms with Gasteiger partial charge in [0.05, 0.1) is 6.54 Å². The maximum Gasteiger partial charge on any atom is 0.191 e. The molecule has 0 radical (unpaired) electrons. The van der Waals surface area contributed by atoms with Crippen molar-refractivity contribution < 1.29 is 0 Å². The van der Waals surface area contributed by atoms with Crippen molar-refractivity contribution in [3.8, 4) is 0 Å². The number of nitrogens with zero attached hydrogens (tertiary/aromatic N) is 2. The molecule has 0 aliphatic rings. The van der Waals surface area contributed by atoms with Crippen molar-refractivity contribution in [2.75, 3.05) is 14.1 Å². The summed E-state index contributed by atoms with van der Waals surface area (Å²) in [7, 11) is 3.98. The smallest absolute Gasteiger partial charge is 0.191 e. The van der Waals surface area contributed by atoms with Gasteiger partial charge in [-0.25, -0.2) is 0 Å². The molecule has 0 saturated heterocycles. The Balaban J connectivity index is 0.00000338. The molecule has 4 nitrogen and oxygen atoms in total. The number of benzene rings is 1. The molecular weight excluding hydrogens is 455 g/mol. The summed E-state index contributed by atoms with van der Waals surface area (Å²) in [6.45, 7) is 9.10. The molecule has 144 valence electrons. The number of rotatable bonds is 7. The third kappa shape index (κ3) is 7.25. The molecular formula is C20H31IN4S. The molecule has 2 rings (SSSR count). The molecule has 1 aromatic carbocycles. The van der Waals surface area contributed by atoms with E-state index in [0.29, 0.717) is 6.04 Å². The predicted molar refractivity (Wildman–Crippen MR) is 125 cm³/mol. The molecule has 0 unspecified atom stereocenters. The SMILES string of the molecule is CN=C(NCc1ccc(C)s1)NCc1ccccc1CN(C)C(C)C.I. The molecule has 1 heterocycles. The van der Waals surface area contributed by atoms with Gasteiger partial charge >= 0.3 is 0 Å². The average molecular weight is 486 g/mol. The highest BCUT2D eigenvalue weighted by Crippen LogP contribution is 2.15. The van der Waals surface area contributed by atoms with Crippen molar-refractivity contribution in [2.24, 2.45) is 4.99 Å². The highest BCUT2D eigenvalue weighted by molar-refractivity contribution is 14.0. The summed E-state index contributed by atoms with van der Waals surface area (Å²) in [5.41, 5.74) is 2.67. The quantitative estimate of drug-likeness (QED) is 0.347. The number of hydrogen-bond acceptors (Lipinski definition) is 3. The Kier molecular flexibility index (Phi) is 10.2. The largest absolute Gasteiger partial charge is 0.352 e. The number of thiophene rings is 1. The van der Waals surface area contributed by atoms with Gasteiger partial charge in [0.2, 0.25) is 0 Å². The second-order valence-corrected chi connectivity index (χ2v) is 7.94. The molecule has 0 amide bonds. The lowest BCUT2D eigenvalue weighted by Crippen LogP contribution is -2.36. The Labute approximate surface area is 179 Å². The highest BCUT2D eigenvalue weighted by Gasteiger charge is 2.08. The van der Waals surface area contributed by atoms with Gasteiger partial charge in [0.25, 0.3) is 0 Å². The zero-order valence-electron chi connectivity index (χ0n) is 16.4. The lowest BCUT2D eigenvalue weighted by molar-refractivity contribution is 0.265. The van der Waals surface area contributed by atoms with E-state index in [1.807, 2.05) is 18.4 Å². The minimum atomic E-state index is 0. The van der Waals surface area contributed by atoms with E-state index in [4.69, 9.17) is 0 Å². The van der Waals surface area contributed by atoms with Crippen LogP contribution in [0.1, 0.15) is 34.7 Å². The normalized spacial score (nSPS) is 11.6. The van der Waals surface area contributed by atoms with E-state index < -0.39 is 0 Å². The van der Waals surface area contributed by atoms with Gasteiger partial charge in [-0.2, -0.15) is 0 Å². The van der Waals surface area contributed by atoms with Crippen LogP contribution < -0.4 is 10.6 Å². The number of aryl methyl sites for hydroxylation is 1. The van der Waals surface area contributed by atoms with Gasteiger partial charge < -0.3 is 10.6 Å². The van der Waals surface area contributed by atoms with Crippen molar-refractivity contribution in [1.82, 2.24) is 15.5 Å². The number of nitrogens with one attached hydrogen (secondary N) is 2. The van der Waals surface area contributed by atoms with Gasteiger partial charge in [-0.15, -0.1) is 35.3 Å². The maximum absolute atomic E-state index is 4.33. The summed E-state index contributed by atoms with van der Waals surface area (Å²) in [5, 5.41) is 6.82. The van der Waals surface area contributed by atoms with Gasteiger partial charge in [0.15, 0.2) is 5.96 Å². The van der Waals surface area contributed by atoms with Crippen LogP contribution in [0.5, 0.6) is 0 Å². The van der Waals surface area contributed by atoms with Gasteiger partial charge in [0.1, 0.15) is 0 Å².